The third kappa shape index (κ3) is 3.88. The summed E-state index contributed by atoms with van der Waals surface area (Å²) in [7, 11) is 3.64. The number of carbonyl (C=O) groups is 1. The van der Waals surface area contributed by atoms with Crippen molar-refractivity contribution < 1.29 is 4.79 Å². The summed E-state index contributed by atoms with van der Waals surface area (Å²) in [5.41, 5.74) is 9.54. The van der Waals surface area contributed by atoms with Crippen LogP contribution >= 0.6 is 0 Å². The molecule has 178 valence electrons. The standard InChI is InChI=1S/C27H34N6O/c1-16(2)25-21-10-19(9-20-11-32(12-20)14-24(34)31(5)6)7-8-23(21)30-26(25)22-13-33-27(28-15-29-33)18(4)17(22)3/h7-8,10,13,15-16,20,30H,9,11-12,14H2,1-6H3. The van der Waals surface area contributed by atoms with Crippen molar-refractivity contribution in [2.75, 3.05) is 33.7 Å². The zero-order valence-corrected chi connectivity index (χ0v) is 21.0. The molecule has 0 aliphatic carbocycles. The number of likely N-dealkylation sites (tertiary alicyclic amines) is 1. The lowest BCUT2D eigenvalue weighted by Crippen LogP contribution is -2.51. The molecular weight excluding hydrogens is 424 g/mol. The van der Waals surface area contributed by atoms with Crippen molar-refractivity contribution in [2.45, 2.75) is 40.0 Å². The van der Waals surface area contributed by atoms with Crippen LogP contribution in [0.15, 0.2) is 30.7 Å². The van der Waals surface area contributed by atoms with Gasteiger partial charge < -0.3 is 9.88 Å². The van der Waals surface area contributed by atoms with Crippen molar-refractivity contribution in [3.8, 4) is 11.3 Å². The zero-order valence-electron chi connectivity index (χ0n) is 21.0. The molecule has 4 aromatic rings. The highest BCUT2D eigenvalue weighted by molar-refractivity contribution is 5.92. The molecule has 1 N–H and O–H groups in total. The molecule has 34 heavy (non-hydrogen) atoms. The van der Waals surface area contributed by atoms with Crippen LogP contribution in [0.25, 0.3) is 27.8 Å². The maximum atomic E-state index is 12.0. The van der Waals surface area contributed by atoms with Gasteiger partial charge in [0.25, 0.3) is 0 Å². The quantitative estimate of drug-likeness (QED) is 0.471. The fraction of sp³-hybridized carbons (Fsp3) is 0.444. The number of aryl methyl sites for hydroxylation is 1. The van der Waals surface area contributed by atoms with Crippen LogP contribution < -0.4 is 0 Å². The van der Waals surface area contributed by atoms with Gasteiger partial charge in [0.15, 0.2) is 5.65 Å². The molecule has 1 aliphatic rings. The lowest BCUT2D eigenvalue weighted by atomic mass is 9.90. The Morgan fingerprint density at radius 1 is 1.21 bits per heavy atom. The third-order valence-corrected chi connectivity index (χ3v) is 7.29. The average molecular weight is 459 g/mol. The predicted molar refractivity (Wildman–Crippen MR) is 136 cm³/mol. The van der Waals surface area contributed by atoms with E-state index >= 15 is 0 Å². The first-order valence-electron chi connectivity index (χ1n) is 12.1. The van der Waals surface area contributed by atoms with E-state index in [0.29, 0.717) is 18.4 Å². The number of rotatable bonds is 6. The van der Waals surface area contributed by atoms with E-state index in [-0.39, 0.29) is 5.91 Å². The monoisotopic (exact) mass is 458 g/mol. The van der Waals surface area contributed by atoms with E-state index in [4.69, 9.17) is 0 Å². The average Bonchev–Trinajstić information content (AvgIpc) is 3.38. The number of nitrogens with one attached hydrogen (secondary N) is 1. The Balaban J connectivity index is 1.45. The minimum atomic E-state index is 0.177. The molecular formula is C27H34N6O. The molecule has 1 saturated heterocycles. The largest absolute Gasteiger partial charge is 0.354 e. The minimum Gasteiger partial charge on any atom is -0.354 e. The molecule has 0 saturated carbocycles. The summed E-state index contributed by atoms with van der Waals surface area (Å²) < 4.78 is 1.88. The van der Waals surface area contributed by atoms with Crippen molar-refractivity contribution in [2.24, 2.45) is 5.92 Å². The van der Waals surface area contributed by atoms with E-state index in [2.05, 4.69) is 72.1 Å². The first-order valence-corrected chi connectivity index (χ1v) is 12.1. The fourth-order valence-electron chi connectivity index (χ4n) is 5.25. The van der Waals surface area contributed by atoms with Gasteiger partial charge in [0.2, 0.25) is 5.91 Å². The number of aromatic nitrogens is 4. The minimum absolute atomic E-state index is 0.177. The van der Waals surface area contributed by atoms with Crippen LogP contribution in [0.1, 0.15) is 42.0 Å². The maximum absolute atomic E-state index is 12.0. The highest BCUT2D eigenvalue weighted by Gasteiger charge is 2.29. The van der Waals surface area contributed by atoms with Gasteiger partial charge in [-0.2, -0.15) is 5.10 Å². The van der Waals surface area contributed by atoms with E-state index in [9.17, 15) is 4.79 Å². The summed E-state index contributed by atoms with van der Waals surface area (Å²) in [6, 6.07) is 6.84. The molecule has 3 aromatic heterocycles. The van der Waals surface area contributed by atoms with E-state index in [1.807, 2.05) is 18.6 Å². The van der Waals surface area contributed by atoms with Crippen molar-refractivity contribution in [3.05, 3.63) is 53.0 Å². The van der Waals surface area contributed by atoms with Gasteiger partial charge in [0.05, 0.1) is 12.2 Å². The molecule has 1 aliphatic heterocycles. The second-order valence-corrected chi connectivity index (χ2v) is 10.3. The molecule has 7 heteroatoms. The Labute approximate surface area is 200 Å². The third-order valence-electron chi connectivity index (χ3n) is 7.29. The number of amides is 1. The molecule has 0 atom stereocenters. The Bertz CT molecular complexity index is 1370. The molecule has 5 rings (SSSR count). The van der Waals surface area contributed by atoms with E-state index in [1.54, 1.807) is 11.2 Å². The summed E-state index contributed by atoms with van der Waals surface area (Å²) in [6.07, 6.45) is 4.76. The highest BCUT2D eigenvalue weighted by Crippen LogP contribution is 2.38. The second kappa shape index (κ2) is 8.55. The maximum Gasteiger partial charge on any atom is 0.236 e. The highest BCUT2D eigenvalue weighted by atomic mass is 16.2. The van der Waals surface area contributed by atoms with Crippen molar-refractivity contribution in [3.63, 3.8) is 0 Å². The summed E-state index contributed by atoms with van der Waals surface area (Å²) in [6.45, 7) is 11.3. The van der Waals surface area contributed by atoms with Gasteiger partial charge in [-0.3, -0.25) is 9.69 Å². The molecule has 0 radical (unpaired) electrons. The summed E-state index contributed by atoms with van der Waals surface area (Å²) in [5.74, 6) is 1.16. The Hall–Kier alpha value is -3.19. The first-order chi connectivity index (χ1) is 16.2. The van der Waals surface area contributed by atoms with Crippen molar-refractivity contribution in [1.82, 2.24) is 29.4 Å². The van der Waals surface area contributed by atoms with Crippen molar-refractivity contribution >= 4 is 22.5 Å². The Morgan fingerprint density at radius 2 is 1.97 bits per heavy atom. The van der Waals surface area contributed by atoms with Gasteiger partial charge in [-0.05, 0) is 66.5 Å². The summed E-state index contributed by atoms with van der Waals surface area (Å²) >= 11 is 0. The van der Waals surface area contributed by atoms with Crippen LogP contribution in [0, 0.1) is 19.8 Å². The van der Waals surface area contributed by atoms with E-state index in [1.165, 1.54) is 38.9 Å². The first kappa shape index (κ1) is 22.6. The summed E-state index contributed by atoms with van der Waals surface area (Å²) in [4.78, 5) is 24.0. The molecule has 1 aromatic carbocycles. The molecule has 1 fully saturated rings. The Kier molecular flexibility index (Phi) is 5.68. The van der Waals surface area contributed by atoms with Crippen LogP contribution in [-0.2, 0) is 11.2 Å². The van der Waals surface area contributed by atoms with Gasteiger partial charge >= 0.3 is 0 Å². The van der Waals surface area contributed by atoms with Crippen LogP contribution in [0.3, 0.4) is 0 Å². The number of hydrogen-bond acceptors (Lipinski definition) is 4. The van der Waals surface area contributed by atoms with Crippen LogP contribution in [0.2, 0.25) is 0 Å². The molecule has 0 spiro atoms. The number of carbonyl (C=O) groups excluding carboxylic acids is 1. The SMILES string of the molecule is Cc1c(-c2[nH]c3ccc(CC4CN(CC(=O)N(C)C)C4)cc3c2C(C)C)cn2ncnc2c1C. The van der Waals surface area contributed by atoms with Crippen molar-refractivity contribution in [1.29, 1.82) is 0 Å². The normalized spacial score (nSPS) is 14.9. The molecule has 7 nitrogen and oxygen atoms in total. The number of nitrogens with zero attached hydrogens (tertiary/aromatic N) is 5. The smallest absolute Gasteiger partial charge is 0.236 e. The zero-order chi connectivity index (χ0) is 24.1. The lowest BCUT2D eigenvalue weighted by molar-refractivity contribution is -0.131. The number of aromatic amines is 1. The fourth-order valence-corrected chi connectivity index (χ4v) is 5.25. The molecule has 1 amide bonds. The lowest BCUT2D eigenvalue weighted by Gasteiger charge is -2.39. The van der Waals surface area contributed by atoms with Gasteiger partial charge in [0, 0.05) is 49.8 Å². The van der Waals surface area contributed by atoms with Crippen LogP contribution in [0.5, 0.6) is 0 Å². The number of fused-ring (bicyclic) bond motifs is 2. The Morgan fingerprint density at radius 3 is 2.68 bits per heavy atom. The van der Waals surface area contributed by atoms with Crippen LogP contribution in [-0.4, -0.2) is 69.0 Å². The topological polar surface area (TPSA) is 69.5 Å². The molecule has 4 heterocycles. The predicted octanol–water partition coefficient (Wildman–Crippen LogP) is 4.18. The number of pyridine rings is 1. The molecule has 0 unspecified atom stereocenters. The van der Waals surface area contributed by atoms with Gasteiger partial charge in [-0.1, -0.05) is 19.9 Å². The number of likely N-dealkylation sites (N-methyl/N-ethyl adjacent to an activating group) is 1. The molecule has 0 bridgehead atoms. The number of hydrogen-bond donors (Lipinski definition) is 1. The number of benzene rings is 1. The number of H-pyrrole nitrogens is 1. The van der Waals surface area contributed by atoms with E-state index < -0.39 is 0 Å². The summed E-state index contributed by atoms with van der Waals surface area (Å²) in [5, 5.41) is 5.70. The second-order valence-electron chi connectivity index (χ2n) is 10.3. The van der Waals surface area contributed by atoms with Gasteiger partial charge in [0.1, 0.15) is 6.33 Å². The van der Waals surface area contributed by atoms with Crippen LogP contribution in [0.4, 0.5) is 0 Å². The van der Waals surface area contributed by atoms with Gasteiger partial charge in [-0.25, -0.2) is 9.50 Å². The van der Waals surface area contributed by atoms with E-state index in [0.717, 1.165) is 30.7 Å². The van der Waals surface area contributed by atoms with Gasteiger partial charge in [-0.15, -0.1) is 0 Å².